The zero-order valence-electron chi connectivity index (χ0n) is 7.07. The molecule has 12 heavy (non-hydrogen) atoms. The highest BCUT2D eigenvalue weighted by molar-refractivity contribution is 5.14. The molecule has 0 spiro atoms. The molecule has 64 valence electrons. The zero-order valence-corrected chi connectivity index (χ0v) is 7.07. The van der Waals surface area contributed by atoms with Gasteiger partial charge in [0.1, 0.15) is 0 Å². The lowest BCUT2D eigenvalue weighted by Gasteiger charge is -2.21. The van der Waals surface area contributed by atoms with Gasteiger partial charge in [-0.1, -0.05) is 6.07 Å². The number of rotatable bonds is 1. The van der Waals surface area contributed by atoms with Gasteiger partial charge in [-0.3, -0.25) is 4.98 Å². The van der Waals surface area contributed by atoms with Crippen molar-refractivity contribution in [3.8, 4) is 0 Å². The van der Waals surface area contributed by atoms with Crippen molar-refractivity contribution in [2.24, 2.45) is 0 Å². The molecule has 1 aromatic rings. The molecule has 2 heteroatoms. The molecule has 0 bridgehead atoms. The van der Waals surface area contributed by atoms with Gasteiger partial charge in [-0.25, -0.2) is 0 Å². The van der Waals surface area contributed by atoms with E-state index in [2.05, 4.69) is 11.1 Å². The van der Waals surface area contributed by atoms with Crippen LogP contribution in [0.15, 0.2) is 24.5 Å². The third-order valence-corrected chi connectivity index (χ3v) is 2.32. The number of nitrogens with zero attached hydrogens (tertiary/aromatic N) is 1. The van der Waals surface area contributed by atoms with Gasteiger partial charge in [-0.15, -0.1) is 0 Å². The number of ether oxygens (including phenoxy) is 1. The van der Waals surface area contributed by atoms with Gasteiger partial charge in [0.15, 0.2) is 0 Å². The molecule has 0 saturated carbocycles. The van der Waals surface area contributed by atoms with Crippen LogP contribution >= 0.6 is 0 Å². The lowest BCUT2D eigenvalue weighted by atomic mass is 9.95. The molecular weight excluding hydrogens is 150 g/mol. The first-order chi connectivity index (χ1) is 5.97. The lowest BCUT2D eigenvalue weighted by molar-refractivity contribution is 0.0803. The van der Waals surface area contributed by atoms with Crippen molar-refractivity contribution >= 4 is 0 Å². The Bertz CT molecular complexity index is 229. The van der Waals surface area contributed by atoms with E-state index >= 15 is 0 Å². The van der Waals surface area contributed by atoms with Gasteiger partial charge in [-0.05, 0) is 24.5 Å². The molecule has 1 aromatic heterocycles. The monoisotopic (exact) mass is 163 g/mol. The van der Waals surface area contributed by atoms with Crippen LogP contribution in [0.3, 0.4) is 0 Å². The Morgan fingerprint density at radius 2 is 2.50 bits per heavy atom. The SMILES string of the molecule is c1cncc(C2CCCOC2)c1. The topological polar surface area (TPSA) is 22.1 Å². The van der Waals surface area contributed by atoms with E-state index in [1.165, 1.54) is 18.4 Å². The van der Waals surface area contributed by atoms with Gasteiger partial charge in [0.25, 0.3) is 0 Å². The minimum Gasteiger partial charge on any atom is -0.381 e. The summed E-state index contributed by atoms with van der Waals surface area (Å²) >= 11 is 0. The van der Waals surface area contributed by atoms with Crippen molar-refractivity contribution in [2.45, 2.75) is 18.8 Å². The molecule has 0 radical (unpaired) electrons. The van der Waals surface area contributed by atoms with Crippen LogP contribution < -0.4 is 0 Å². The van der Waals surface area contributed by atoms with Crippen molar-refractivity contribution < 1.29 is 4.74 Å². The molecule has 1 saturated heterocycles. The molecule has 0 amide bonds. The number of hydrogen-bond donors (Lipinski definition) is 0. The van der Waals surface area contributed by atoms with E-state index in [1.54, 1.807) is 0 Å². The minimum atomic E-state index is 0.576. The van der Waals surface area contributed by atoms with E-state index in [9.17, 15) is 0 Å². The molecule has 1 unspecified atom stereocenters. The summed E-state index contributed by atoms with van der Waals surface area (Å²) in [7, 11) is 0. The summed E-state index contributed by atoms with van der Waals surface area (Å²) in [6.07, 6.45) is 6.18. The molecule has 2 nitrogen and oxygen atoms in total. The van der Waals surface area contributed by atoms with Crippen molar-refractivity contribution in [1.29, 1.82) is 0 Å². The largest absolute Gasteiger partial charge is 0.381 e. The van der Waals surface area contributed by atoms with E-state index in [0.717, 1.165) is 13.2 Å². The maximum Gasteiger partial charge on any atom is 0.0535 e. The van der Waals surface area contributed by atoms with Crippen LogP contribution in [0.4, 0.5) is 0 Å². The number of hydrogen-bond acceptors (Lipinski definition) is 2. The van der Waals surface area contributed by atoms with Crippen LogP contribution in [-0.2, 0) is 4.74 Å². The Balaban J connectivity index is 2.08. The molecule has 0 N–H and O–H groups in total. The third kappa shape index (κ3) is 1.64. The minimum absolute atomic E-state index is 0.576. The standard InChI is InChI=1S/C10H13NO/c1-3-9(7-11-5-1)10-4-2-6-12-8-10/h1,3,5,7,10H,2,4,6,8H2. The van der Waals surface area contributed by atoms with Crippen LogP contribution in [0.1, 0.15) is 24.3 Å². The molecule has 2 rings (SSSR count). The second kappa shape index (κ2) is 3.68. The van der Waals surface area contributed by atoms with Crippen LogP contribution in [-0.4, -0.2) is 18.2 Å². The Kier molecular flexibility index (Phi) is 2.37. The molecule has 1 aliphatic heterocycles. The second-order valence-electron chi connectivity index (χ2n) is 3.20. The van der Waals surface area contributed by atoms with E-state index in [0.29, 0.717) is 5.92 Å². The molecule has 1 aliphatic rings. The van der Waals surface area contributed by atoms with Gasteiger partial charge < -0.3 is 4.74 Å². The quantitative estimate of drug-likeness (QED) is 0.631. The van der Waals surface area contributed by atoms with Gasteiger partial charge in [0.05, 0.1) is 6.61 Å². The summed E-state index contributed by atoms with van der Waals surface area (Å²) in [6.45, 7) is 1.79. The third-order valence-electron chi connectivity index (χ3n) is 2.32. The smallest absolute Gasteiger partial charge is 0.0535 e. The summed E-state index contributed by atoms with van der Waals surface area (Å²) < 4.78 is 5.41. The molecule has 1 fully saturated rings. The number of pyridine rings is 1. The zero-order chi connectivity index (χ0) is 8.23. The fourth-order valence-corrected chi connectivity index (χ4v) is 1.62. The fourth-order valence-electron chi connectivity index (χ4n) is 1.62. The van der Waals surface area contributed by atoms with Crippen LogP contribution in [0.2, 0.25) is 0 Å². The Morgan fingerprint density at radius 1 is 1.50 bits per heavy atom. The van der Waals surface area contributed by atoms with Crippen molar-refractivity contribution in [3.05, 3.63) is 30.1 Å². The first kappa shape index (κ1) is 7.74. The van der Waals surface area contributed by atoms with Crippen molar-refractivity contribution in [1.82, 2.24) is 4.98 Å². The summed E-state index contributed by atoms with van der Waals surface area (Å²) in [4.78, 5) is 4.10. The fraction of sp³-hybridized carbons (Fsp3) is 0.500. The summed E-state index contributed by atoms with van der Waals surface area (Å²) in [5.41, 5.74) is 1.32. The van der Waals surface area contributed by atoms with Crippen molar-refractivity contribution in [3.63, 3.8) is 0 Å². The molecule has 0 aliphatic carbocycles. The maximum absolute atomic E-state index is 5.41. The highest BCUT2D eigenvalue weighted by atomic mass is 16.5. The Morgan fingerprint density at radius 3 is 3.17 bits per heavy atom. The van der Waals surface area contributed by atoms with Crippen LogP contribution in [0.25, 0.3) is 0 Å². The predicted octanol–water partition coefficient (Wildman–Crippen LogP) is 1.98. The molecular formula is C10H13NO. The van der Waals surface area contributed by atoms with Gasteiger partial charge in [0.2, 0.25) is 0 Å². The second-order valence-corrected chi connectivity index (χ2v) is 3.20. The Hall–Kier alpha value is -0.890. The normalized spacial score (nSPS) is 23.8. The van der Waals surface area contributed by atoms with E-state index in [1.807, 2.05) is 18.5 Å². The highest BCUT2D eigenvalue weighted by Gasteiger charge is 2.15. The van der Waals surface area contributed by atoms with Gasteiger partial charge in [0, 0.05) is 24.9 Å². The average Bonchev–Trinajstić information content (AvgIpc) is 2.21. The summed E-state index contributed by atoms with van der Waals surface area (Å²) in [5.74, 6) is 0.576. The summed E-state index contributed by atoms with van der Waals surface area (Å²) in [5, 5.41) is 0. The number of aromatic nitrogens is 1. The predicted molar refractivity (Wildman–Crippen MR) is 47.0 cm³/mol. The lowest BCUT2D eigenvalue weighted by Crippen LogP contribution is -2.15. The highest BCUT2D eigenvalue weighted by Crippen LogP contribution is 2.23. The molecule has 0 aromatic carbocycles. The first-order valence-electron chi connectivity index (χ1n) is 4.44. The summed E-state index contributed by atoms with van der Waals surface area (Å²) in [6, 6.07) is 4.12. The maximum atomic E-state index is 5.41. The average molecular weight is 163 g/mol. The Labute approximate surface area is 72.6 Å². The molecule has 2 heterocycles. The van der Waals surface area contributed by atoms with E-state index in [-0.39, 0.29) is 0 Å². The van der Waals surface area contributed by atoms with Gasteiger partial charge >= 0.3 is 0 Å². The molecule has 1 atom stereocenters. The first-order valence-corrected chi connectivity index (χ1v) is 4.44. The van der Waals surface area contributed by atoms with Crippen LogP contribution in [0.5, 0.6) is 0 Å². The van der Waals surface area contributed by atoms with Crippen LogP contribution in [0, 0.1) is 0 Å². The van der Waals surface area contributed by atoms with E-state index in [4.69, 9.17) is 4.74 Å². The van der Waals surface area contributed by atoms with E-state index < -0.39 is 0 Å². The van der Waals surface area contributed by atoms with Gasteiger partial charge in [-0.2, -0.15) is 0 Å². The van der Waals surface area contributed by atoms with Crippen molar-refractivity contribution in [2.75, 3.05) is 13.2 Å².